The van der Waals surface area contributed by atoms with E-state index in [1.54, 1.807) is 7.11 Å². The standard InChI is InChI=1S/C10H19NO3S/c1-13-7-3-2-4-8(5-7)14-10(12)9(11)6-15/h7-9,15H,2-6,11H2,1H3/t7?,8?,9-/m1/s1. The van der Waals surface area contributed by atoms with Crippen molar-refractivity contribution in [2.24, 2.45) is 5.73 Å². The van der Waals surface area contributed by atoms with Crippen molar-refractivity contribution in [1.29, 1.82) is 0 Å². The van der Waals surface area contributed by atoms with Gasteiger partial charge in [-0.05, 0) is 19.3 Å². The predicted molar refractivity (Wildman–Crippen MR) is 61.0 cm³/mol. The van der Waals surface area contributed by atoms with Crippen molar-refractivity contribution >= 4 is 18.6 Å². The number of hydrogen-bond donors (Lipinski definition) is 2. The van der Waals surface area contributed by atoms with Gasteiger partial charge in [-0.1, -0.05) is 0 Å². The van der Waals surface area contributed by atoms with E-state index in [1.807, 2.05) is 0 Å². The van der Waals surface area contributed by atoms with Crippen LogP contribution in [0.1, 0.15) is 25.7 Å². The SMILES string of the molecule is COC1CCCC(OC(=O)[C@H](N)CS)C1. The summed E-state index contributed by atoms with van der Waals surface area (Å²) in [5, 5.41) is 0. The van der Waals surface area contributed by atoms with E-state index < -0.39 is 6.04 Å². The van der Waals surface area contributed by atoms with Crippen LogP contribution in [0.2, 0.25) is 0 Å². The number of carbonyl (C=O) groups is 1. The molecule has 4 nitrogen and oxygen atoms in total. The van der Waals surface area contributed by atoms with Crippen LogP contribution >= 0.6 is 12.6 Å². The number of thiol groups is 1. The van der Waals surface area contributed by atoms with E-state index in [4.69, 9.17) is 15.2 Å². The molecule has 88 valence electrons. The van der Waals surface area contributed by atoms with Gasteiger partial charge in [0, 0.05) is 19.3 Å². The second kappa shape index (κ2) is 6.35. The molecule has 0 aromatic carbocycles. The topological polar surface area (TPSA) is 61.5 Å². The van der Waals surface area contributed by atoms with E-state index in [0.29, 0.717) is 5.75 Å². The Bertz CT molecular complexity index is 213. The monoisotopic (exact) mass is 233 g/mol. The number of hydrogen-bond acceptors (Lipinski definition) is 5. The lowest BCUT2D eigenvalue weighted by molar-refractivity contribution is -0.153. The fourth-order valence-electron chi connectivity index (χ4n) is 1.75. The maximum absolute atomic E-state index is 11.4. The van der Waals surface area contributed by atoms with Crippen LogP contribution in [0.25, 0.3) is 0 Å². The molecule has 1 rings (SSSR count). The van der Waals surface area contributed by atoms with Gasteiger partial charge < -0.3 is 15.2 Å². The third-order valence-corrected chi connectivity index (χ3v) is 3.09. The highest BCUT2D eigenvalue weighted by atomic mass is 32.1. The predicted octanol–water partition coefficient (Wildman–Crippen LogP) is 0.744. The molecular formula is C10H19NO3S. The van der Waals surface area contributed by atoms with Crippen LogP contribution in [0.3, 0.4) is 0 Å². The molecule has 2 unspecified atom stereocenters. The Kier molecular flexibility index (Phi) is 5.42. The average molecular weight is 233 g/mol. The Morgan fingerprint density at radius 1 is 1.53 bits per heavy atom. The van der Waals surface area contributed by atoms with Crippen molar-refractivity contribution in [3.63, 3.8) is 0 Å². The lowest BCUT2D eigenvalue weighted by atomic mass is 9.95. The van der Waals surface area contributed by atoms with Crippen LogP contribution in [0.5, 0.6) is 0 Å². The van der Waals surface area contributed by atoms with Crippen molar-refractivity contribution in [2.45, 2.75) is 43.9 Å². The summed E-state index contributed by atoms with van der Waals surface area (Å²) in [5.74, 6) is -0.0361. The molecule has 0 aliphatic heterocycles. The molecule has 5 heteroatoms. The highest BCUT2D eigenvalue weighted by Crippen LogP contribution is 2.23. The Hall–Kier alpha value is -0.260. The van der Waals surface area contributed by atoms with Gasteiger partial charge in [-0.3, -0.25) is 4.79 Å². The molecule has 2 N–H and O–H groups in total. The van der Waals surface area contributed by atoms with Crippen LogP contribution in [0, 0.1) is 0 Å². The fourth-order valence-corrected chi connectivity index (χ4v) is 1.90. The molecule has 15 heavy (non-hydrogen) atoms. The lowest BCUT2D eigenvalue weighted by Crippen LogP contribution is -2.38. The average Bonchev–Trinajstić information content (AvgIpc) is 2.28. The molecule has 0 aromatic heterocycles. The molecule has 0 amide bonds. The minimum absolute atomic E-state index is 0.0397. The van der Waals surface area contributed by atoms with Gasteiger partial charge in [0.15, 0.2) is 0 Å². The van der Waals surface area contributed by atoms with Gasteiger partial charge in [0.05, 0.1) is 6.10 Å². The lowest BCUT2D eigenvalue weighted by Gasteiger charge is -2.28. The van der Waals surface area contributed by atoms with E-state index in [0.717, 1.165) is 25.7 Å². The Morgan fingerprint density at radius 2 is 2.20 bits per heavy atom. The van der Waals surface area contributed by atoms with Gasteiger partial charge >= 0.3 is 5.97 Å². The third-order valence-electron chi connectivity index (χ3n) is 2.69. The third kappa shape index (κ3) is 4.01. The first kappa shape index (κ1) is 12.8. The minimum Gasteiger partial charge on any atom is -0.461 e. The van der Waals surface area contributed by atoms with Gasteiger partial charge in [-0.15, -0.1) is 0 Å². The van der Waals surface area contributed by atoms with Crippen LogP contribution in [-0.2, 0) is 14.3 Å². The number of esters is 1. The normalized spacial score (nSPS) is 28.5. The van der Waals surface area contributed by atoms with Crippen molar-refractivity contribution in [1.82, 2.24) is 0 Å². The zero-order valence-electron chi connectivity index (χ0n) is 9.02. The summed E-state index contributed by atoms with van der Waals surface area (Å²) in [6.07, 6.45) is 3.94. The molecule has 1 fully saturated rings. The molecule has 0 radical (unpaired) electrons. The molecule has 0 heterocycles. The largest absolute Gasteiger partial charge is 0.461 e. The number of nitrogens with two attached hydrogens (primary N) is 1. The second-order valence-corrected chi connectivity index (χ2v) is 4.24. The summed E-state index contributed by atoms with van der Waals surface area (Å²) in [6, 6.07) is -0.615. The van der Waals surface area contributed by atoms with E-state index in [1.165, 1.54) is 0 Å². The van der Waals surface area contributed by atoms with E-state index >= 15 is 0 Å². The fraction of sp³-hybridized carbons (Fsp3) is 0.900. The first-order valence-electron chi connectivity index (χ1n) is 5.27. The van der Waals surface area contributed by atoms with Crippen LogP contribution in [0.15, 0.2) is 0 Å². The number of methoxy groups -OCH3 is 1. The quantitative estimate of drug-likeness (QED) is 0.555. The molecule has 0 bridgehead atoms. The molecule has 3 atom stereocenters. The zero-order chi connectivity index (χ0) is 11.3. The van der Waals surface area contributed by atoms with E-state index in [9.17, 15) is 4.79 Å². The van der Waals surface area contributed by atoms with Crippen molar-refractivity contribution in [3.8, 4) is 0 Å². The van der Waals surface area contributed by atoms with E-state index in [2.05, 4.69) is 12.6 Å². The number of rotatable bonds is 4. The smallest absolute Gasteiger partial charge is 0.324 e. The van der Waals surface area contributed by atoms with Crippen molar-refractivity contribution in [3.05, 3.63) is 0 Å². The molecular weight excluding hydrogens is 214 g/mol. The Balaban J connectivity index is 2.34. The summed E-state index contributed by atoms with van der Waals surface area (Å²) in [5.41, 5.74) is 5.52. The summed E-state index contributed by atoms with van der Waals surface area (Å²) in [6.45, 7) is 0. The highest BCUT2D eigenvalue weighted by Gasteiger charge is 2.26. The van der Waals surface area contributed by atoms with Gasteiger partial charge in [0.25, 0.3) is 0 Å². The molecule has 0 aromatic rings. The van der Waals surface area contributed by atoms with Gasteiger partial charge in [-0.25, -0.2) is 0 Å². The Labute approximate surface area is 95.9 Å². The van der Waals surface area contributed by atoms with Crippen LogP contribution < -0.4 is 5.73 Å². The minimum atomic E-state index is -0.615. The van der Waals surface area contributed by atoms with Crippen LogP contribution in [0.4, 0.5) is 0 Å². The second-order valence-electron chi connectivity index (χ2n) is 3.87. The molecule has 0 spiro atoms. The Morgan fingerprint density at radius 3 is 2.80 bits per heavy atom. The summed E-state index contributed by atoms with van der Waals surface area (Å²) in [7, 11) is 1.69. The summed E-state index contributed by atoms with van der Waals surface area (Å²) in [4.78, 5) is 11.4. The molecule has 0 saturated heterocycles. The molecule has 1 aliphatic rings. The molecule has 1 saturated carbocycles. The van der Waals surface area contributed by atoms with Crippen molar-refractivity contribution in [2.75, 3.05) is 12.9 Å². The maximum atomic E-state index is 11.4. The summed E-state index contributed by atoms with van der Waals surface area (Å²) >= 11 is 3.96. The maximum Gasteiger partial charge on any atom is 0.324 e. The number of carbonyl (C=O) groups excluding carboxylic acids is 1. The van der Waals surface area contributed by atoms with Gasteiger partial charge in [0.1, 0.15) is 12.1 Å². The first-order valence-corrected chi connectivity index (χ1v) is 5.90. The highest BCUT2D eigenvalue weighted by molar-refractivity contribution is 7.80. The number of ether oxygens (including phenoxy) is 2. The van der Waals surface area contributed by atoms with Crippen molar-refractivity contribution < 1.29 is 14.3 Å². The van der Waals surface area contributed by atoms with E-state index in [-0.39, 0.29) is 18.2 Å². The van der Waals surface area contributed by atoms with Gasteiger partial charge in [0.2, 0.25) is 0 Å². The molecule has 1 aliphatic carbocycles. The van der Waals surface area contributed by atoms with Gasteiger partial charge in [-0.2, -0.15) is 12.6 Å². The summed E-state index contributed by atoms with van der Waals surface area (Å²) < 4.78 is 10.5. The zero-order valence-corrected chi connectivity index (χ0v) is 9.91. The first-order chi connectivity index (χ1) is 7.17. The van der Waals surface area contributed by atoms with Crippen LogP contribution in [-0.4, -0.2) is 37.1 Å².